The van der Waals surface area contributed by atoms with Crippen LogP contribution in [0.4, 0.5) is 5.69 Å². The molecule has 0 aliphatic heterocycles. The third-order valence-corrected chi connectivity index (χ3v) is 3.34. The van der Waals surface area contributed by atoms with E-state index in [9.17, 15) is 9.59 Å². The molecule has 7 heteroatoms. The predicted octanol–water partition coefficient (Wildman–Crippen LogP) is 1.04. The summed E-state index contributed by atoms with van der Waals surface area (Å²) in [4.78, 5) is 31.8. The molecule has 21 heavy (non-hydrogen) atoms. The van der Waals surface area contributed by atoms with Crippen LogP contribution in [-0.4, -0.2) is 19.5 Å². The first-order valence-electron chi connectivity index (χ1n) is 6.66. The van der Waals surface area contributed by atoms with Gasteiger partial charge in [0.15, 0.2) is 0 Å². The summed E-state index contributed by atoms with van der Waals surface area (Å²) in [5, 5.41) is 3.27. The number of aromatic nitrogens is 4. The minimum absolute atomic E-state index is 0.591. The quantitative estimate of drug-likeness (QED) is 0.624. The molecular formula is C14H15N5O2. The average molecular weight is 285 g/mol. The molecule has 108 valence electrons. The van der Waals surface area contributed by atoms with Gasteiger partial charge in [0.05, 0.1) is 29.6 Å². The van der Waals surface area contributed by atoms with Crippen molar-refractivity contribution in [3.63, 3.8) is 0 Å². The molecule has 0 fully saturated rings. The number of H-pyrrole nitrogens is 2. The van der Waals surface area contributed by atoms with E-state index in [2.05, 4.69) is 27.2 Å². The molecule has 0 amide bonds. The van der Waals surface area contributed by atoms with Gasteiger partial charge in [0.2, 0.25) is 0 Å². The molecule has 0 saturated heterocycles. The average Bonchev–Trinajstić information content (AvgIpc) is 2.94. The molecule has 7 nitrogen and oxygen atoms in total. The van der Waals surface area contributed by atoms with Crippen LogP contribution >= 0.6 is 0 Å². The van der Waals surface area contributed by atoms with Crippen molar-refractivity contribution >= 4 is 16.7 Å². The second-order valence-corrected chi connectivity index (χ2v) is 4.69. The van der Waals surface area contributed by atoms with Gasteiger partial charge in [0, 0.05) is 18.4 Å². The number of hydrogen-bond acceptors (Lipinski definition) is 4. The normalized spacial score (nSPS) is 10.9. The molecule has 0 saturated carbocycles. The van der Waals surface area contributed by atoms with Crippen molar-refractivity contribution in [3.8, 4) is 0 Å². The molecule has 0 spiro atoms. The molecule has 3 N–H and O–H groups in total. The standard InChI is InChI=1S/C14H15N5O2/c1-2-19-8-15-6-10(19)7-16-9-3-4-11-12(5-9)18-14(21)13(20)17-11/h3-6,8,16H,2,7H2,1H3,(H,17,20)(H,18,21). The van der Waals surface area contributed by atoms with E-state index in [1.165, 1.54) is 0 Å². The van der Waals surface area contributed by atoms with E-state index >= 15 is 0 Å². The van der Waals surface area contributed by atoms with Crippen LogP contribution < -0.4 is 16.4 Å². The molecule has 0 aliphatic carbocycles. The Morgan fingerprint density at radius 3 is 2.71 bits per heavy atom. The number of fused-ring (bicyclic) bond motifs is 1. The zero-order valence-electron chi connectivity index (χ0n) is 11.5. The maximum Gasteiger partial charge on any atom is 0.314 e. The molecule has 0 aliphatic rings. The highest BCUT2D eigenvalue weighted by Gasteiger charge is 2.03. The number of nitrogens with zero attached hydrogens (tertiary/aromatic N) is 2. The Labute approximate surface area is 119 Å². The lowest BCUT2D eigenvalue weighted by molar-refractivity contribution is 0.719. The van der Waals surface area contributed by atoms with Crippen molar-refractivity contribution in [1.29, 1.82) is 0 Å². The van der Waals surface area contributed by atoms with Crippen LogP contribution in [0.5, 0.6) is 0 Å². The summed E-state index contributed by atoms with van der Waals surface area (Å²) in [6, 6.07) is 5.40. The number of imidazole rings is 1. The number of hydrogen-bond donors (Lipinski definition) is 3. The zero-order valence-corrected chi connectivity index (χ0v) is 11.5. The molecule has 0 atom stereocenters. The van der Waals surface area contributed by atoms with E-state index in [0.717, 1.165) is 17.9 Å². The van der Waals surface area contributed by atoms with Gasteiger partial charge in [-0.05, 0) is 25.1 Å². The summed E-state index contributed by atoms with van der Waals surface area (Å²) in [6.45, 7) is 3.55. The van der Waals surface area contributed by atoms with Crippen LogP contribution in [-0.2, 0) is 13.1 Å². The van der Waals surface area contributed by atoms with Gasteiger partial charge in [-0.25, -0.2) is 4.98 Å². The van der Waals surface area contributed by atoms with Crippen molar-refractivity contribution in [2.24, 2.45) is 0 Å². The van der Waals surface area contributed by atoms with Crippen molar-refractivity contribution < 1.29 is 0 Å². The molecule has 0 bridgehead atoms. The lowest BCUT2D eigenvalue weighted by Crippen LogP contribution is -2.28. The van der Waals surface area contributed by atoms with Crippen molar-refractivity contribution in [1.82, 2.24) is 19.5 Å². The highest BCUT2D eigenvalue weighted by Crippen LogP contribution is 2.14. The fraction of sp³-hybridized carbons (Fsp3) is 0.214. The highest BCUT2D eigenvalue weighted by molar-refractivity contribution is 5.78. The van der Waals surface area contributed by atoms with Gasteiger partial charge in [-0.2, -0.15) is 0 Å². The highest BCUT2D eigenvalue weighted by atomic mass is 16.2. The Morgan fingerprint density at radius 1 is 1.19 bits per heavy atom. The molecular weight excluding hydrogens is 270 g/mol. The summed E-state index contributed by atoms with van der Waals surface area (Å²) in [5.74, 6) is 0. The second kappa shape index (κ2) is 5.28. The summed E-state index contributed by atoms with van der Waals surface area (Å²) in [5.41, 5.74) is 1.83. The minimum atomic E-state index is -0.649. The van der Waals surface area contributed by atoms with E-state index in [-0.39, 0.29) is 0 Å². The molecule has 1 aromatic carbocycles. The maximum atomic E-state index is 11.3. The Balaban J connectivity index is 1.86. The molecule has 2 heterocycles. The maximum absolute atomic E-state index is 11.3. The lowest BCUT2D eigenvalue weighted by atomic mass is 10.2. The zero-order chi connectivity index (χ0) is 14.8. The molecule has 2 aromatic heterocycles. The Morgan fingerprint density at radius 2 is 1.95 bits per heavy atom. The van der Waals surface area contributed by atoms with Gasteiger partial charge < -0.3 is 19.9 Å². The first-order valence-corrected chi connectivity index (χ1v) is 6.66. The molecule has 3 rings (SSSR count). The molecule has 0 unspecified atom stereocenters. The second-order valence-electron chi connectivity index (χ2n) is 4.69. The van der Waals surface area contributed by atoms with Crippen LogP contribution in [0.2, 0.25) is 0 Å². The predicted molar refractivity (Wildman–Crippen MR) is 80.4 cm³/mol. The summed E-state index contributed by atoms with van der Waals surface area (Å²) in [7, 11) is 0. The van der Waals surface area contributed by atoms with E-state index < -0.39 is 11.1 Å². The summed E-state index contributed by atoms with van der Waals surface area (Å²) < 4.78 is 2.05. The summed E-state index contributed by atoms with van der Waals surface area (Å²) in [6.07, 6.45) is 3.61. The number of aryl methyl sites for hydroxylation is 1. The number of nitrogens with one attached hydrogen (secondary N) is 3. The van der Waals surface area contributed by atoms with Crippen LogP contribution in [0.3, 0.4) is 0 Å². The third-order valence-electron chi connectivity index (χ3n) is 3.34. The summed E-state index contributed by atoms with van der Waals surface area (Å²) >= 11 is 0. The minimum Gasteiger partial charge on any atom is -0.379 e. The van der Waals surface area contributed by atoms with Gasteiger partial charge in [-0.15, -0.1) is 0 Å². The number of aromatic amines is 2. The van der Waals surface area contributed by atoms with Gasteiger partial charge in [0.1, 0.15) is 0 Å². The van der Waals surface area contributed by atoms with E-state index in [1.54, 1.807) is 18.5 Å². The smallest absolute Gasteiger partial charge is 0.314 e. The van der Waals surface area contributed by atoms with Gasteiger partial charge >= 0.3 is 11.1 Å². The Bertz CT molecular complexity index is 890. The SMILES string of the molecule is CCn1cncc1CNc1ccc2[nH]c(=O)c(=O)[nH]c2c1. The van der Waals surface area contributed by atoms with Crippen LogP contribution in [0.15, 0.2) is 40.3 Å². The first kappa shape index (κ1) is 13.2. The van der Waals surface area contributed by atoms with Gasteiger partial charge in [-0.1, -0.05) is 0 Å². The molecule has 3 aromatic rings. The number of rotatable bonds is 4. The van der Waals surface area contributed by atoms with Gasteiger partial charge in [-0.3, -0.25) is 9.59 Å². The fourth-order valence-corrected chi connectivity index (χ4v) is 2.20. The number of anilines is 1. The van der Waals surface area contributed by atoms with Crippen molar-refractivity contribution in [2.45, 2.75) is 20.0 Å². The van der Waals surface area contributed by atoms with Crippen LogP contribution in [0, 0.1) is 0 Å². The van der Waals surface area contributed by atoms with Crippen molar-refractivity contribution in [2.75, 3.05) is 5.32 Å². The molecule has 0 radical (unpaired) electrons. The lowest BCUT2D eigenvalue weighted by Gasteiger charge is -2.09. The first-order chi connectivity index (χ1) is 10.2. The van der Waals surface area contributed by atoms with E-state index in [1.807, 2.05) is 16.8 Å². The Kier molecular flexibility index (Phi) is 3.31. The number of benzene rings is 1. The topological polar surface area (TPSA) is 95.6 Å². The van der Waals surface area contributed by atoms with E-state index in [0.29, 0.717) is 17.6 Å². The monoisotopic (exact) mass is 285 g/mol. The van der Waals surface area contributed by atoms with Crippen LogP contribution in [0.1, 0.15) is 12.6 Å². The fourth-order valence-electron chi connectivity index (χ4n) is 2.20. The van der Waals surface area contributed by atoms with Crippen molar-refractivity contribution in [3.05, 3.63) is 57.1 Å². The van der Waals surface area contributed by atoms with E-state index in [4.69, 9.17) is 0 Å². The third kappa shape index (κ3) is 2.58. The largest absolute Gasteiger partial charge is 0.379 e. The van der Waals surface area contributed by atoms with Crippen LogP contribution in [0.25, 0.3) is 11.0 Å². The Hall–Kier alpha value is -2.83. The van der Waals surface area contributed by atoms with Gasteiger partial charge in [0.25, 0.3) is 0 Å².